The molecule has 2 heterocycles. The predicted molar refractivity (Wildman–Crippen MR) is 79.7 cm³/mol. The molecule has 2 aromatic rings. The van der Waals surface area contributed by atoms with Gasteiger partial charge in [-0.25, -0.2) is 4.79 Å². The Hall–Kier alpha value is -2.51. The smallest absolute Gasteiger partial charge is 0.410 e. The van der Waals surface area contributed by atoms with Crippen molar-refractivity contribution in [3.63, 3.8) is 0 Å². The highest BCUT2D eigenvalue weighted by Crippen LogP contribution is 2.31. The van der Waals surface area contributed by atoms with E-state index in [9.17, 15) is 18.0 Å². The summed E-state index contributed by atoms with van der Waals surface area (Å²) < 4.78 is 44.9. The quantitative estimate of drug-likeness (QED) is 0.839. The third-order valence-corrected chi connectivity index (χ3v) is 3.93. The van der Waals surface area contributed by atoms with Crippen LogP contribution in [0.25, 0.3) is 0 Å². The number of carbonyl (C=O) groups is 1. The molecular weight excluding hydrogens is 323 g/mol. The lowest BCUT2D eigenvalue weighted by Gasteiger charge is -2.17. The summed E-state index contributed by atoms with van der Waals surface area (Å²) in [6.07, 6.45) is -4.45. The summed E-state index contributed by atoms with van der Waals surface area (Å²) >= 11 is 0. The number of likely N-dealkylation sites (tertiary alicyclic amines) is 1. The van der Waals surface area contributed by atoms with Crippen molar-refractivity contribution in [2.75, 3.05) is 13.1 Å². The number of amides is 1. The number of halogens is 3. The van der Waals surface area contributed by atoms with Gasteiger partial charge < -0.3 is 9.64 Å². The molecule has 0 radical (unpaired) electrons. The van der Waals surface area contributed by atoms with Crippen molar-refractivity contribution in [1.82, 2.24) is 14.7 Å². The van der Waals surface area contributed by atoms with E-state index in [2.05, 4.69) is 5.10 Å². The zero-order valence-electron chi connectivity index (χ0n) is 13.0. The van der Waals surface area contributed by atoms with Crippen LogP contribution in [0.1, 0.15) is 23.9 Å². The van der Waals surface area contributed by atoms with Gasteiger partial charge in [-0.3, -0.25) is 4.68 Å². The molecule has 5 nitrogen and oxygen atoms in total. The molecule has 3 rings (SSSR count). The van der Waals surface area contributed by atoms with Crippen LogP contribution in [0.2, 0.25) is 0 Å². The van der Waals surface area contributed by atoms with Gasteiger partial charge in [0.2, 0.25) is 0 Å². The van der Waals surface area contributed by atoms with Gasteiger partial charge in [0.15, 0.2) is 5.69 Å². The number of hydrogen-bond acceptors (Lipinski definition) is 3. The van der Waals surface area contributed by atoms with Crippen LogP contribution in [0, 0.1) is 6.92 Å². The van der Waals surface area contributed by atoms with Gasteiger partial charge in [0.05, 0.1) is 6.04 Å². The van der Waals surface area contributed by atoms with Gasteiger partial charge in [-0.05, 0) is 31.5 Å². The summed E-state index contributed by atoms with van der Waals surface area (Å²) in [5.41, 5.74) is -0.490. The molecule has 1 aliphatic rings. The fraction of sp³-hybridized carbons (Fsp3) is 0.375. The zero-order valence-corrected chi connectivity index (χ0v) is 13.0. The Kier molecular flexibility index (Phi) is 4.21. The molecule has 0 bridgehead atoms. The lowest BCUT2D eigenvalue weighted by Crippen LogP contribution is -2.32. The van der Waals surface area contributed by atoms with Gasteiger partial charge >= 0.3 is 12.3 Å². The van der Waals surface area contributed by atoms with Crippen LogP contribution >= 0.6 is 0 Å². The monoisotopic (exact) mass is 339 g/mol. The number of nitrogens with zero attached hydrogens (tertiary/aromatic N) is 3. The number of aromatic nitrogens is 2. The van der Waals surface area contributed by atoms with Crippen molar-refractivity contribution in [2.45, 2.75) is 25.6 Å². The number of para-hydroxylation sites is 1. The summed E-state index contributed by atoms with van der Waals surface area (Å²) in [4.78, 5) is 13.6. The molecule has 128 valence electrons. The Balaban J connectivity index is 1.67. The van der Waals surface area contributed by atoms with Crippen LogP contribution in [0.15, 0.2) is 36.4 Å². The lowest BCUT2D eigenvalue weighted by molar-refractivity contribution is -0.141. The first kappa shape index (κ1) is 16.4. The van der Waals surface area contributed by atoms with Crippen molar-refractivity contribution in [1.29, 1.82) is 0 Å². The van der Waals surface area contributed by atoms with Crippen LogP contribution in [-0.4, -0.2) is 33.9 Å². The lowest BCUT2D eigenvalue weighted by atomic mass is 10.2. The third kappa shape index (κ3) is 3.37. The van der Waals surface area contributed by atoms with E-state index in [1.807, 2.05) is 6.07 Å². The number of carbonyl (C=O) groups excluding carboxylic acids is 1. The van der Waals surface area contributed by atoms with Crippen LogP contribution < -0.4 is 4.74 Å². The number of aryl methyl sites for hydroxylation is 1. The first-order valence-electron chi connectivity index (χ1n) is 7.50. The van der Waals surface area contributed by atoms with E-state index in [4.69, 9.17) is 4.74 Å². The van der Waals surface area contributed by atoms with Gasteiger partial charge in [-0.2, -0.15) is 18.3 Å². The van der Waals surface area contributed by atoms with Crippen molar-refractivity contribution >= 4 is 6.09 Å². The van der Waals surface area contributed by atoms with Gasteiger partial charge in [0, 0.05) is 18.8 Å². The molecule has 1 saturated heterocycles. The van der Waals surface area contributed by atoms with E-state index in [1.165, 1.54) is 9.58 Å². The standard InChI is InChI=1S/C16H16F3N3O2/c1-11-9-14(16(17,18)19)20-22(11)12-7-8-21(10-12)15(23)24-13-5-3-2-4-6-13/h2-6,9,12H,7-8,10H2,1H3. The van der Waals surface area contributed by atoms with Crippen molar-refractivity contribution in [3.05, 3.63) is 47.8 Å². The molecule has 1 aromatic heterocycles. The maximum Gasteiger partial charge on any atom is 0.435 e. The summed E-state index contributed by atoms with van der Waals surface area (Å²) in [5, 5.41) is 3.65. The second-order valence-electron chi connectivity index (χ2n) is 5.68. The van der Waals surface area contributed by atoms with Crippen molar-refractivity contribution < 1.29 is 22.7 Å². The highest BCUT2D eigenvalue weighted by Gasteiger charge is 2.36. The minimum absolute atomic E-state index is 0.269. The van der Waals surface area contributed by atoms with Gasteiger partial charge in [0.1, 0.15) is 5.75 Å². The molecule has 0 saturated carbocycles. The molecule has 1 aliphatic heterocycles. The molecular formula is C16H16F3N3O2. The van der Waals surface area contributed by atoms with E-state index in [0.717, 1.165) is 6.07 Å². The normalized spacial score (nSPS) is 18.0. The van der Waals surface area contributed by atoms with E-state index >= 15 is 0 Å². The van der Waals surface area contributed by atoms with Crippen LogP contribution in [-0.2, 0) is 6.18 Å². The predicted octanol–water partition coefficient (Wildman–Crippen LogP) is 3.66. The Morgan fingerprint density at radius 1 is 1.29 bits per heavy atom. The number of ether oxygens (including phenoxy) is 1. The highest BCUT2D eigenvalue weighted by molar-refractivity contribution is 5.71. The van der Waals surface area contributed by atoms with Gasteiger partial charge in [-0.15, -0.1) is 0 Å². The van der Waals surface area contributed by atoms with Crippen LogP contribution in [0.4, 0.5) is 18.0 Å². The zero-order chi connectivity index (χ0) is 17.3. The van der Waals surface area contributed by atoms with Gasteiger partial charge in [0.25, 0.3) is 0 Å². The molecule has 1 aromatic carbocycles. The van der Waals surface area contributed by atoms with E-state index < -0.39 is 18.0 Å². The Morgan fingerprint density at radius 3 is 2.62 bits per heavy atom. The summed E-state index contributed by atoms with van der Waals surface area (Å²) in [5.74, 6) is 0.431. The van der Waals surface area contributed by atoms with Crippen molar-refractivity contribution in [3.8, 4) is 5.75 Å². The SMILES string of the molecule is Cc1cc(C(F)(F)F)nn1C1CCN(C(=O)Oc2ccccc2)C1. The summed E-state index contributed by atoms with van der Waals surface area (Å²) in [7, 11) is 0. The summed E-state index contributed by atoms with van der Waals surface area (Å²) in [6, 6.07) is 9.37. The average Bonchev–Trinajstić information content (AvgIpc) is 3.14. The third-order valence-electron chi connectivity index (χ3n) is 3.93. The highest BCUT2D eigenvalue weighted by atomic mass is 19.4. The maximum atomic E-state index is 12.8. The molecule has 0 spiro atoms. The first-order valence-corrected chi connectivity index (χ1v) is 7.50. The van der Waals surface area contributed by atoms with Crippen LogP contribution in [0.3, 0.4) is 0 Å². The van der Waals surface area contributed by atoms with E-state index in [0.29, 0.717) is 24.4 Å². The number of rotatable bonds is 2. The fourth-order valence-corrected chi connectivity index (χ4v) is 2.76. The molecule has 1 fully saturated rings. The second kappa shape index (κ2) is 6.18. The fourth-order valence-electron chi connectivity index (χ4n) is 2.76. The Morgan fingerprint density at radius 2 is 2.00 bits per heavy atom. The molecule has 1 unspecified atom stereocenters. The number of hydrogen-bond donors (Lipinski definition) is 0. The molecule has 0 aliphatic carbocycles. The maximum absolute atomic E-state index is 12.8. The minimum Gasteiger partial charge on any atom is -0.410 e. The summed E-state index contributed by atoms with van der Waals surface area (Å²) in [6.45, 7) is 2.26. The molecule has 0 N–H and O–H groups in total. The molecule has 8 heteroatoms. The van der Waals surface area contributed by atoms with Gasteiger partial charge in [-0.1, -0.05) is 18.2 Å². The molecule has 1 atom stereocenters. The topological polar surface area (TPSA) is 47.4 Å². The Labute approximate surface area is 136 Å². The Bertz CT molecular complexity index is 728. The number of alkyl halides is 3. The molecule has 1 amide bonds. The van der Waals surface area contributed by atoms with Crippen LogP contribution in [0.5, 0.6) is 5.75 Å². The minimum atomic E-state index is -4.47. The van der Waals surface area contributed by atoms with E-state index in [1.54, 1.807) is 31.2 Å². The second-order valence-corrected chi connectivity index (χ2v) is 5.68. The molecule has 24 heavy (non-hydrogen) atoms. The first-order chi connectivity index (χ1) is 11.3. The van der Waals surface area contributed by atoms with E-state index in [-0.39, 0.29) is 12.6 Å². The number of benzene rings is 1. The average molecular weight is 339 g/mol. The largest absolute Gasteiger partial charge is 0.435 e. The van der Waals surface area contributed by atoms with Crippen molar-refractivity contribution in [2.24, 2.45) is 0 Å².